The minimum atomic E-state index is -0.509. The molecule has 19 heavy (non-hydrogen) atoms. The van der Waals surface area contributed by atoms with Crippen molar-refractivity contribution in [3.05, 3.63) is 29.8 Å². The van der Waals surface area contributed by atoms with Crippen LogP contribution in [0.25, 0.3) is 0 Å². The van der Waals surface area contributed by atoms with Gasteiger partial charge in [-0.05, 0) is 19.1 Å². The number of nitrogens with zero attached hydrogens (tertiary/aromatic N) is 2. The Morgan fingerprint density at radius 1 is 1.47 bits per heavy atom. The minimum absolute atomic E-state index is 0.0874. The smallest absolute Gasteiger partial charge is 0.256 e. The summed E-state index contributed by atoms with van der Waals surface area (Å²) in [4.78, 5) is 18.6. The first-order valence-corrected chi connectivity index (χ1v) is 6.50. The van der Waals surface area contributed by atoms with Crippen LogP contribution in [0.1, 0.15) is 23.7 Å². The maximum absolute atomic E-state index is 12.5. The van der Waals surface area contributed by atoms with Crippen LogP contribution in [-0.4, -0.2) is 47.1 Å². The number of benzene rings is 1. The monoisotopic (exact) mass is 260 g/mol. The Bertz CT molecular complexity index is 541. The number of aliphatic hydroxyl groups is 1. The molecule has 2 heterocycles. The first-order chi connectivity index (χ1) is 9.20. The summed E-state index contributed by atoms with van der Waals surface area (Å²) in [5.74, 6) is 0.438. The number of rotatable bonds is 1. The molecule has 0 unspecified atom stereocenters. The van der Waals surface area contributed by atoms with Crippen LogP contribution >= 0.6 is 0 Å². The van der Waals surface area contributed by atoms with E-state index in [1.807, 2.05) is 25.1 Å². The van der Waals surface area contributed by atoms with Crippen molar-refractivity contribution < 1.29 is 14.6 Å². The zero-order valence-corrected chi connectivity index (χ0v) is 10.7. The van der Waals surface area contributed by atoms with Gasteiger partial charge in [0.1, 0.15) is 6.04 Å². The molecule has 2 aliphatic rings. The molecule has 0 bridgehead atoms. The first kappa shape index (κ1) is 12.2. The normalized spacial score (nSPS) is 25.5. The first-order valence-electron chi connectivity index (χ1n) is 6.50. The van der Waals surface area contributed by atoms with Crippen LogP contribution in [0, 0.1) is 0 Å². The molecule has 0 aromatic heterocycles. The van der Waals surface area contributed by atoms with Gasteiger partial charge in [-0.25, -0.2) is 4.99 Å². The van der Waals surface area contributed by atoms with Crippen LogP contribution in [0.4, 0.5) is 5.69 Å². The van der Waals surface area contributed by atoms with E-state index in [9.17, 15) is 9.90 Å². The minimum Gasteiger partial charge on any atom is -0.480 e. The van der Waals surface area contributed by atoms with Crippen LogP contribution in [-0.2, 0) is 4.74 Å². The molecule has 100 valence electrons. The van der Waals surface area contributed by atoms with Crippen molar-refractivity contribution in [3.8, 4) is 0 Å². The molecule has 0 radical (unpaired) electrons. The number of aliphatic hydroxyl groups excluding tert-OH is 1. The fraction of sp³-hybridized carbons (Fsp3) is 0.429. The molecule has 2 atom stereocenters. The molecule has 0 spiro atoms. The summed E-state index contributed by atoms with van der Waals surface area (Å²) in [6.07, 6.45) is -0.0247. The van der Waals surface area contributed by atoms with E-state index < -0.39 is 6.10 Å². The van der Waals surface area contributed by atoms with Gasteiger partial charge in [-0.3, -0.25) is 4.79 Å². The summed E-state index contributed by atoms with van der Waals surface area (Å²) in [7, 11) is 0. The summed E-state index contributed by atoms with van der Waals surface area (Å²) in [5, 5.41) is 9.80. The van der Waals surface area contributed by atoms with E-state index in [2.05, 4.69) is 4.99 Å². The fourth-order valence-electron chi connectivity index (χ4n) is 2.65. The van der Waals surface area contributed by atoms with Gasteiger partial charge in [0.25, 0.3) is 5.91 Å². The summed E-state index contributed by atoms with van der Waals surface area (Å²) in [5.41, 5.74) is 1.20. The second-order valence-electron chi connectivity index (χ2n) is 4.76. The second-order valence-corrected chi connectivity index (χ2v) is 4.76. The van der Waals surface area contributed by atoms with Crippen LogP contribution in [0.5, 0.6) is 0 Å². The lowest BCUT2D eigenvalue weighted by Crippen LogP contribution is -2.40. The molecular formula is C14H16N2O3. The Hall–Kier alpha value is -1.88. The molecule has 0 aliphatic carbocycles. The summed E-state index contributed by atoms with van der Waals surface area (Å²) in [6.45, 7) is 2.72. The van der Waals surface area contributed by atoms with Crippen molar-refractivity contribution in [2.24, 2.45) is 4.99 Å². The Balaban J connectivity index is 2.09. The third-order valence-corrected chi connectivity index (χ3v) is 3.48. The van der Waals surface area contributed by atoms with Gasteiger partial charge in [-0.15, -0.1) is 0 Å². The van der Waals surface area contributed by atoms with E-state index in [1.165, 1.54) is 0 Å². The van der Waals surface area contributed by atoms with Crippen LogP contribution in [0.3, 0.4) is 0 Å². The number of fused-ring (bicyclic) bond motifs is 2. The molecule has 3 rings (SSSR count). The molecule has 5 heteroatoms. The molecule has 5 nitrogen and oxygen atoms in total. The van der Waals surface area contributed by atoms with E-state index in [4.69, 9.17) is 4.74 Å². The predicted octanol–water partition coefficient (Wildman–Crippen LogP) is 1.34. The molecule has 1 N–H and O–H groups in total. The average molecular weight is 260 g/mol. The summed E-state index contributed by atoms with van der Waals surface area (Å²) in [6, 6.07) is 6.99. The SMILES string of the molecule is CCOC1=Nc2ccccc2C(=O)N2C[C@H](O)C[C@@H]12. The van der Waals surface area contributed by atoms with Crippen molar-refractivity contribution >= 4 is 17.5 Å². The lowest BCUT2D eigenvalue weighted by atomic mass is 10.1. The van der Waals surface area contributed by atoms with Gasteiger partial charge in [0.05, 0.1) is 24.0 Å². The van der Waals surface area contributed by atoms with Gasteiger partial charge in [-0.1, -0.05) is 12.1 Å². The number of aliphatic imine (C=N–C) groups is 1. The van der Waals surface area contributed by atoms with E-state index in [1.54, 1.807) is 11.0 Å². The molecule has 0 saturated carbocycles. The summed E-state index contributed by atoms with van der Waals surface area (Å²) < 4.78 is 5.58. The Kier molecular flexibility index (Phi) is 2.98. The van der Waals surface area contributed by atoms with Crippen molar-refractivity contribution in [2.45, 2.75) is 25.5 Å². The zero-order chi connectivity index (χ0) is 13.4. The second kappa shape index (κ2) is 4.66. The average Bonchev–Trinajstić information content (AvgIpc) is 2.76. The van der Waals surface area contributed by atoms with Gasteiger partial charge in [0, 0.05) is 13.0 Å². The highest BCUT2D eigenvalue weighted by Gasteiger charge is 2.41. The predicted molar refractivity (Wildman–Crippen MR) is 70.6 cm³/mol. The van der Waals surface area contributed by atoms with Gasteiger partial charge in [0.15, 0.2) is 0 Å². The van der Waals surface area contributed by atoms with E-state index >= 15 is 0 Å². The van der Waals surface area contributed by atoms with E-state index in [0.29, 0.717) is 36.7 Å². The maximum atomic E-state index is 12.5. The van der Waals surface area contributed by atoms with Crippen molar-refractivity contribution in [1.29, 1.82) is 0 Å². The number of para-hydroxylation sites is 1. The third-order valence-electron chi connectivity index (χ3n) is 3.48. The molecule has 1 saturated heterocycles. The standard InChI is InChI=1S/C14H16N2O3/c1-2-19-13-12-7-9(17)8-16(12)14(18)10-5-3-4-6-11(10)15-13/h3-6,9,12,17H,2,7-8H2,1H3/t9-,12+/m1/s1. The van der Waals surface area contributed by atoms with Crippen molar-refractivity contribution in [1.82, 2.24) is 4.90 Å². The quantitative estimate of drug-likeness (QED) is 0.829. The van der Waals surface area contributed by atoms with Crippen LogP contribution in [0.15, 0.2) is 29.3 Å². The third kappa shape index (κ3) is 2.00. The Morgan fingerprint density at radius 3 is 3.05 bits per heavy atom. The van der Waals surface area contributed by atoms with Crippen molar-refractivity contribution in [3.63, 3.8) is 0 Å². The molecule has 1 aromatic carbocycles. The number of carbonyl (C=O) groups is 1. The molecule has 1 amide bonds. The summed E-state index contributed by atoms with van der Waals surface area (Å²) >= 11 is 0. The number of ether oxygens (including phenoxy) is 1. The fourth-order valence-corrected chi connectivity index (χ4v) is 2.65. The largest absolute Gasteiger partial charge is 0.480 e. The van der Waals surface area contributed by atoms with E-state index in [-0.39, 0.29) is 11.9 Å². The Morgan fingerprint density at radius 2 is 2.26 bits per heavy atom. The van der Waals surface area contributed by atoms with Gasteiger partial charge < -0.3 is 14.7 Å². The lowest BCUT2D eigenvalue weighted by Gasteiger charge is -2.22. The van der Waals surface area contributed by atoms with Crippen molar-refractivity contribution in [2.75, 3.05) is 13.2 Å². The van der Waals surface area contributed by atoms with Crippen LogP contribution in [0.2, 0.25) is 0 Å². The highest BCUT2D eigenvalue weighted by atomic mass is 16.5. The highest BCUT2D eigenvalue weighted by molar-refractivity contribution is 6.05. The molecule has 1 fully saturated rings. The zero-order valence-electron chi connectivity index (χ0n) is 10.7. The Labute approximate surface area is 111 Å². The number of carbonyl (C=O) groups excluding carboxylic acids is 1. The van der Waals surface area contributed by atoms with Crippen LogP contribution < -0.4 is 0 Å². The van der Waals surface area contributed by atoms with Gasteiger partial charge >= 0.3 is 0 Å². The highest BCUT2D eigenvalue weighted by Crippen LogP contribution is 2.31. The molecule has 2 aliphatic heterocycles. The number of hydrogen-bond donors (Lipinski definition) is 1. The lowest BCUT2D eigenvalue weighted by molar-refractivity contribution is 0.0738. The number of hydrogen-bond acceptors (Lipinski definition) is 4. The van der Waals surface area contributed by atoms with Gasteiger partial charge in [-0.2, -0.15) is 0 Å². The maximum Gasteiger partial charge on any atom is 0.256 e. The van der Waals surface area contributed by atoms with E-state index in [0.717, 1.165) is 0 Å². The molecule has 1 aromatic rings. The molecular weight excluding hydrogens is 244 g/mol. The number of amides is 1. The topological polar surface area (TPSA) is 62.1 Å². The van der Waals surface area contributed by atoms with Gasteiger partial charge in [0.2, 0.25) is 5.90 Å².